The van der Waals surface area contributed by atoms with E-state index in [-0.39, 0.29) is 5.91 Å². The Morgan fingerprint density at radius 2 is 2.29 bits per heavy atom. The number of amides is 1. The molecule has 1 aromatic rings. The van der Waals surface area contributed by atoms with Gasteiger partial charge in [0.05, 0.1) is 0 Å². The van der Waals surface area contributed by atoms with Gasteiger partial charge >= 0.3 is 0 Å². The van der Waals surface area contributed by atoms with Crippen molar-refractivity contribution in [3.8, 4) is 5.75 Å². The van der Waals surface area contributed by atoms with Crippen LogP contribution in [-0.4, -0.2) is 18.1 Å². The van der Waals surface area contributed by atoms with Crippen molar-refractivity contribution in [1.82, 2.24) is 5.32 Å². The Kier molecular flexibility index (Phi) is 3.67. The van der Waals surface area contributed by atoms with E-state index < -0.39 is 6.10 Å². The molecule has 1 aliphatic rings. The molecule has 17 heavy (non-hydrogen) atoms. The predicted molar refractivity (Wildman–Crippen MR) is 67.1 cm³/mol. The molecule has 1 aromatic carbocycles. The smallest absolute Gasteiger partial charge is 0.260 e. The lowest BCUT2D eigenvalue weighted by molar-refractivity contribution is -0.127. The molecule has 92 valence electrons. The number of nitrogens with one attached hydrogen (secondary N) is 1. The second kappa shape index (κ2) is 5.21. The first-order valence-corrected chi connectivity index (χ1v) is 6.25. The molecule has 1 unspecified atom stereocenters. The highest BCUT2D eigenvalue weighted by Crippen LogP contribution is 2.19. The van der Waals surface area contributed by atoms with Crippen LogP contribution in [0.3, 0.4) is 0 Å². The van der Waals surface area contributed by atoms with Crippen LogP contribution in [-0.2, 0) is 11.2 Å². The number of hydrogen-bond acceptors (Lipinski definition) is 2. The van der Waals surface area contributed by atoms with Crippen LogP contribution in [0.5, 0.6) is 5.75 Å². The van der Waals surface area contributed by atoms with Crippen molar-refractivity contribution in [2.75, 3.05) is 0 Å². The normalized spacial score (nSPS) is 16.4. The molecule has 3 heteroatoms. The van der Waals surface area contributed by atoms with E-state index in [1.54, 1.807) is 6.92 Å². The van der Waals surface area contributed by atoms with Crippen molar-refractivity contribution in [2.45, 2.75) is 45.3 Å². The summed E-state index contributed by atoms with van der Waals surface area (Å²) in [6, 6.07) is 8.28. The average Bonchev–Trinajstić information content (AvgIpc) is 3.13. The number of rotatable bonds is 5. The summed E-state index contributed by atoms with van der Waals surface area (Å²) in [4.78, 5) is 11.7. The van der Waals surface area contributed by atoms with Crippen molar-refractivity contribution < 1.29 is 9.53 Å². The third-order valence-corrected chi connectivity index (χ3v) is 2.91. The van der Waals surface area contributed by atoms with E-state index in [1.165, 1.54) is 5.56 Å². The van der Waals surface area contributed by atoms with Crippen molar-refractivity contribution in [3.05, 3.63) is 29.8 Å². The van der Waals surface area contributed by atoms with Crippen LogP contribution < -0.4 is 10.1 Å². The summed E-state index contributed by atoms with van der Waals surface area (Å²) < 4.78 is 5.64. The van der Waals surface area contributed by atoms with Gasteiger partial charge < -0.3 is 10.1 Å². The summed E-state index contributed by atoms with van der Waals surface area (Å²) >= 11 is 0. The van der Waals surface area contributed by atoms with E-state index in [2.05, 4.69) is 18.3 Å². The minimum atomic E-state index is -0.428. The zero-order valence-electron chi connectivity index (χ0n) is 10.4. The second-order valence-electron chi connectivity index (χ2n) is 4.54. The zero-order valence-corrected chi connectivity index (χ0v) is 10.4. The molecule has 0 heterocycles. The summed E-state index contributed by atoms with van der Waals surface area (Å²) in [5, 5.41) is 2.94. The minimum Gasteiger partial charge on any atom is -0.481 e. The number of hydrogen-bond donors (Lipinski definition) is 1. The number of carbonyl (C=O) groups is 1. The lowest BCUT2D eigenvalue weighted by atomic mass is 10.2. The fourth-order valence-electron chi connectivity index (χ4n) is 1.64. The fraction of sp³-hybridized carbons (Fsp3) is 0.500. The average molecular weight is 233 g/mol. The van der Waals surface area contributed by atoms with Gasteiger partial charge in [0.1, 0.15) is 5.75 Å². The van der Waals surface area contributed by atoms with Gasteiger partial charge in [0.2, 0.25) is 0 Å². The Hall–Kier alpha value is -1.51. The quantitative estimate of drug-likeness (QED) is 0.847. The molecule has 0 radical (unpaired) electrons. The number of ether oxygens (including phenoxy) is 1. The summed E-state index contributed by atoms with van der Waals surface area (Å²) in [7, 11) is 0. The Morgan fingerprint density at radius 1 is 1.53 bits per heavy atom. The van der Waals surface area contributed by atoms with Gasteiger partial charge in [-0.2, -0.15) is 0 Å². The Labute approximate surface area is 102 Å². The second-order valence-corrected chi connectivity index (χ2v) is 4.54. The molecule has 0 spiro atoms. The first-order valence-electron chi connectivity index (χ1n) is 6.25. The van der Waals surface area contributed by atoms with E-state index in [0.717, 1.165) is 25.0 Å². The van der Waals surface area contributed by atoms with Crippen LogP contribution in [0.1, 0.15) is 32.3 Å². The maximum absolute atomic E-state index is 11.7. The highest BCUT2D eigenvalue weighted by atomic mass is 16.5. The standard InChI is InChI=1S/C14H19NO2/c1-3-11-5-4-6-13(9-11)17-10(2)14(16)15-12-7-8-12/h4-6,9-10,12H,3,7-8H2,1-2H3,(H,15,16). The molecule has 1 saturated carbocycles. The van der Waals surface area contributed by atoms with Crippen LogP contribution in [0.2, 0.25) is 0 Å². The first-order chi connectivity index (χ1) is 8.19. The molecule has 1 fully saturated rings. The van der Waals surface area contributed by atoms with Gasteiger partial charge in [-0.05, 0) is 43.9 Å². The van der Waals surface area contributed by atoms with Crippen molar-refractivity contribution in [2.24, 2.45) is 0 Å². The maximum Gasteiger partial charge on any atom is 0.260 e. The van der Waals surface area contributed by atoms with Gasteiger partial charge in [-0.15, -0.1) is 0 Å². The SMILES string of the molecule is CCc1cccc(OC(C)C(=O)NC2CC2)c1. The molecular formula is C14H19NO2. The van der Waals surface area contributed by atoms with Gasteiger partial charge in [0, 0.05) is 6.04 Å². The van der Waals surface area contributed by atoms with Gasteiger partial charge in [0.15, 0.2) is 6.10 Å². The largest absolute Gasteiger partial charge is 0.481 e. The van der Waals surface area contributed by atoms with Crippen LogP contribution in [0.25, 0.3) is 0 Å². The summed E-state index contributed by atoms with van der Waals surface area (Å²) in [6.45, 7) is 3.89. The first kappa shape index (κ1) is 12.0. The lowest BCUT2D eigenvalue weighted by Crippen LogP contribution is -2.37. The fourth-order valence-corrected chi connectivity index (χ4v) is 1.64. The summed E-state index contributed by atoms with van der Waals surface area (Å²) in [5.41, 5.74) is 1.22. The lowest BCUT2D eigenvalue weighted by Gasteiger charge is -2.14. The highest BCUT2D eigenvalue weighted by molar-refractivity contribution is 5.81. The van der Waals surface area contributed by atoms with E-state index in [9.17, 15) is 4.79 Å². The molecule has 2 rings (SSSR count). The number of benzene rings is 1. The van der Waals surface area contributed by atoms with Crippen molar-refractivity contribution >= 4 is 5.91 Å². The monoisotopic (exact) mass is 233 g/mol. The third-order valence-electron chi connectivity index (χ3n) is 2.91. The van der Waals surface area contributed by atoms with E-state index in [1.807, 2.05) is 18.2 Å². The van der Waals surface area contributed by atoms with Gasteiger partial charge in [-0.25, -0.2) is 0 Å². The van der Waals surface area contributed by atoms with Crippen LogP contribution in [0.15, 0.2) is 24.3 Å². The van der Waals surface area contributed by atoms with Crippen LogP contribution >= 0.6 is 0 Å². The van der Waals surface area contributed by atoms with Gasteiger partial charge in [0.25, 0.3) is 5.91 Å². The summed E-state index contributed by atoms with van der Waals surface area (Å²) in [5.74, 6) is 0.747. The molecule has 0 bridgehead atoms. The third kappa shape index (κ3) is 3.48. The maximum atomic E-state index is 11.7. The van der Waals surface area contributed by atoms with Crippen LogP contribution in [0, 0.1) is 0 Å². The molecule has 3 nitrogen and oxygen atoms in total. The summed E-state index contributed by atoms with van der Waals surface area (Å²) in [6.07, 6.45) is 2.75. The molecular weight excluding hydrogens is 214 g/mol. The van der Waals surface area contributed by atoms with Gasteiger partial charge in [-0.3, -0.25) is 4.79 Å². The van der Waals surface area contributed by atoms with Crippen molar-refractivity contribution in [1.29, 1.82) is 0 Å². The Bertz CT molecular complexity index is 399. The minimum absolute atomic E-state index is 0.0191. The molecule has 1 amide bonds. The molecule has 1 N–H and O–H groups in total. The molecule has 1 atom stereocenters. The number of aryl methyl sites for hydroxylation is 1. The van der Waals surface area contributed by atoms with Gasteiger partial charge in [-0.1, -0.05) is 19.1 Å². The van der Waals surface area contributed by atoms with Crippen molar-refractivity contribution in [3.63, 3.8) is 0 Å². The molecule has 0 saturated heterocycles. The Balaban J connectivity index is 1.91. The van der Waals surface area contributed by atoms with Crippen LogP contribution in [0.4, 0.5) is 0 Å². The topological polar surface area (TPSA) is 38.3 Å². The molecule has 1 aliphatic carbocycles. The number of carbonyl (C=O) groups excluding carboxylic acids is 1. The van der Waals surface area contributed by atoms with E-state index >= 15 is 0 Å². The zero-order chi connectivity index (χ0) is 12.3. The van der Waals surface area contributed by atoms with E-state index in [4.69, 9.17) is 4.74 Å². The molecule has 0 aromatic heterocycles. The molecule has 0 aliphatic heterocycles. The predicted octanol–water partition coefficient (Wildman–Crippen LogP) is 2.29. The Morgan fingerprint density at radius 3 is 2.94 bits per heavy atom. The highest BCUT2D eigenvalue weighted by Gasteiger charge is 2.26. The van der Waals surface area contributed by atoms with E-state index in [0.29, 0.717) is 6.04 Å².